The first-order chi connectivity index (χ1) is 19.5. The van der Waals surface area contributed by atoms with Gasteiger partial charge in [0.25, 0.3) is 0 Å². The largest absolute Gasteiger partial charge is 0.441 e. The number of ketones is 1. The summed E-state index contributed by atoms with van der Waals surface area (Å²) >= 11 is 0. The van der Waals surface area contributed by atoms with Crippen LogP contribution in [-0.4, -0.2) is 28.4 Å². The molecule has 0 amide bonds. The zero-order valence-corrected chi connectivity index (χ0v) is 22.5. The van der Waals surface area contributed by atoms with Gasteiger partial charge in [-0.25, -0.2) is 9.37 Å². The van der Waals surface area contributed by atoms with Gasteiger partial charge in [-0.05, 0) is 69.1 Å². The SMILES string of the molecule is Cc1oc(-c2ccccc2F)nc1Cn1c(C)c(C(=O)[C@@H]2OC3(CCNCC3)c3ccccc32)c2ccccc21. The molecule has 6 nitrogen and oxygen atoms in total. The molecule has 0 bridgehead atoms. The van der Waals surface area contributed by atoms with Gasteiger partial charge in [0.1, 0.15) is 23.4 Å². The number of carbonyl (C=O) groups excluding carboxylic acids is 1. The van der Waals surface area contributed by atoms with Crippen molar-refractivity contribution >= 4 is 16.7 Å². The lowest BCUT2D eigenvalue weighted by atomic mass is 9.83. The molecule has 0 radical (unpaired) electrons. The highest BCUT2D eigenvalue weighted by Gasteiger charge is 2.48. The quantitative estimate of drug-likeness (QED) is 0.256. The van der Waals surface area contributed by atoms with Gasteiger partial charge in [0.05, 0.1) is 17.7 Å². The lowest BCUT2D eigenvalue weighted by molar-refractivity contribution is -0.0806. The predicted octanol–water partition coefficient (Wildman–Crippen LogP) is 6.63. The second-order valence-corrected chi connectivity index (χ2v) is 10.8. The van der Waals surface area contributed by atoms with Crippen molar-refractivity contribution in [2.24, 2.45) is 0 Å². The zero-order chi connectivity index (χ0) is 27.4. The van der Waals surface area contributed by atoms with Gasteiger partial charge >= 0.3 is 0 Å². The van der Waals surface area contributed by atoms with Gasteiger partial charge < -0.3 is 19.0 Å². The van der Waals surface area contributed by atoms with Crippen molar-refractivity contribution in [2.45, 2.75) is 44.9 Å². The fraction of sp³-hybridized carbons (Fsp3) is 0.273. The number of piperidine rings is 1. The Kier molecular flexibility index (Phi) is 5.95. The number of nitrogens with zero attached hydrogens (tertiary/aromatic N) is 2. The Morgan fingerprint density at radius 1 is 1.02 bits per heavy atom. The Morgan fingerprint density at radius 2 is 1.75 bits per heavy atom. The van der Waals surface area contributed by atoms with Gasteiger partial charge in [0.15, 0.2) is 5.78 Å². The number of nitrogens with one attached hydrogen (secondary N) is 1. The van der Waals surface area contributed by atoms with Crippen molar-refractivity contribution < 1.29 is 18.3 Å². The fourth-order valence-electron chi connectivity index (χ4n) is 6.46. The fourth-order valence-corrected chi connectivity index (χ4v) is 6.46. The van der Waals surface area contributed by atoms with Crippen LogP contribution in [0, 0.1) is 19.7 Å². The van der Waals surface area contributed by atoms with E-state index in [9.17, 15) is 9.18 Å². The van der Waals surface area contributed by atoms with Crippen LogP contribution >= 0.6 is 0 Å². The first kappa shape index (κ1) is 24.9. The van der Waals surface area contributed by atoms with E-state index in [4.69, 9.17) is 9.15 Å². The van der Waals surface area contributed by atoms with E-state index in [1.54, 1.807) is 18.2 Å². The van der Waals surface area contributed by atoms with E-state index >= 15 is 0 Å². The molecule has 0 aliphatic carbocycles. The second-order valence-electron chi connectivity index (χ2n) is 10.8. The number of rotatable bonds is 5. The Hall–Kier alpha value is -4.07. The van der Waals surface area contributed by atoms with E-state index in [0.29, 0.717) is 29.1 Å². The molecule has 0 unspecified atom stereocenters. The predicted molar refractivity (Wildman–Crippen MR) is 151 cm³/mol. The van der Waals surface area contributed by atoms with Crippen molar-refractivity contribution in [2.75, 3.05) is 13.1 Å². The lowest BCUT2D eigenvalue weighted by Gasteiger charge is -2.34. The first-order valence-electron chi connectivity index (χ1n) is 13.8. The number of hydrogen-bond donors (Lipinski definition) is 1. The monoisotopic (exact) mass is 535 g/mol. The summed E-state index contributed by atoms with van der Waals surface area (Å²) in [6, 6.07) is 22.6. The van der Waals surface area contributed by atoms with Crippen molar-refractivity contribution in [3.05, 3.63) is 112 Å². The Morgan fingerprint density at radius 3 is 2.58 bits per heavy atom. The van der Waals surface area contributed by atoms with Gasteiger partial charge in [-0.2, -0.15) is 0 Å². The first-order valence-corrected chi connectivity index (χ1v) is 13.8. The molecule has 2 aliphatic heterocycles. The maximum atomic E-state index is 14.4. The minimum atomic E-state index is -0.659. The van der Waals surface area contributed by atoms with E-state index in [0.717, 1.165) is 53.7 Å². The normalized spacial score (nSPS) is 17.9. The molecule has 4 heterocycles. The van der Waals surface area contributed by atoms with Crippen LogP contribution in [0.15, 0.2) is 77.2 Å². The molecule has 1 spiro atoms. The molecule has 2 aromatic heterocycles. The van der Waals surface area contributed by atoms with Gasteiger partial charge in [-0.3, -0.25) is 4.79 Å². The number of halogens is 1. The molecule has 202 valence electrons. The van der Waals surface area contributed by atoms with Gasteiger partial charge in [-0.1, -0.05) is 54.6 Å². The number of para-hydroxylation sites is 1. The van der Waals surface area contributed by atoms with Crippen molar-refractivity contribution in [3.8, 4) is 11.5 Å². The molecule has 2 aliphatic rings. The number of fused-ring (bicyclic) bond motifs is 3. The third-order valence-corrected chi connectivity index (χ3v) is 8.51. The number of oxazole rings is 1. The number of Topliss-reactive ketones (excluding diaryl/α,β-unsaturated/α-hetero) is 1. The summed E-state index contributed by atoms with van der Waals surface area (Å²) in [6.45, 7) is 5.92. The maximum Gasteiger partial charge on any atom is 0.229 e. The molecular weight excluding hydrogens is 505 g/mol. The zero-order valence-electron chi connectivity index (χ0n) is 22.5. The molecule has 7 heteroatoms. The minimum absolute atomic E-state index is 0.0285. The number of benzene rings is 3. The topological polar surface area (TPSA) is 69.3 Å². The number of aromatic nitrogens is 2. The number of aryl methyl sites for hydroxylation is 1. The van der Waals surface area contributed by atoms with Crippen LogP contribution in [0.3, 0.4) is 0 Å². The lowest BCUT2D eigenvalue weighted by Crippen LogP contribution is -2.40. The summed E-state index contributed by atoms with van der Waals surface area (Å²) in [4.78, 5) is 19.1. The van der Waals surface area contributed by atoms with E-state index in [-0.39, 0.29) is 17.5 Å². The van der Waals surface area contributed by atoms with E-state index < -0.39 is 11.7 Å². The third-order valence-electron chi connectivity index (χ3n) is 8.51. The standard InChI is InChI=1S/C33H30FN3O3/c1-20-29(30(38)31-22-9-3-6-12-25(22)33(40-31)15-17-35-18-16-33)24-11-5-8-14-28(24)37(20)19-27-21(2)39-32(36-27)23-10-4-7-13-26(23)34/h3-14,31,35H,15-19H2,1-2H3/t31-/m1/s1. The molecule has 1 saturated heterocycles. The van der Waals surface area contributed by atoms with Crippen LogP contribution in [0.5, 0.6) is 0 Å². The van der Waals surface area contributed by atoms with Gasteiger partial charge in [0.2, 0.25) is 5.89 Å². The Labute approximate surface area is 231 Å². The van der Waals surface area contributed by atoms with Crippen LogP contribution in [0.2, 0.25) is 0 Å². The smallest absolute Gasteiger partial charge is 0.229 e. The molecule has 5 aromatic rings. The summed E-state index contributed by atoms with van der Waals surface area (Å²) in [7, 11) is 0. The van der Waals surface area contributed by atoms with E-state index in [1.165, 1.54) is 6.07 Å². The Balaban J connectivity index is 1.29. The molecule has 7 rings (SSSR count). The number of ether oxygens (including phenoxy) is 1. The van der Waals surface area contributed by atoms with Crippen molar-refractivity contribution in [1.82, 2.24) is 14.9 Å². The van der Waals surface area contributed by atoms with Crippen molar-refractivity contribution in [1.29, 1.82) is 0 Å². The molecule has 0 saturated carbocycles. The summed E-state index contributed by atoms with van der Waals surface area (Å²) < 4.78 is 29.1. The molecule has 1 fully saturated rings. The van der Waals surface area contributed by atoms with Crippen LogP contribution < -0.4 is 5.32 Å². The molecule has 40 heavy (non-hydrogen) atoms. The maximum absolute atomic E-state index is 14.4. The van der Waals surface area contributed by atoms with E-state index in [2.05, 4.69) is 20.9 Å². The van der Waals surface area contributed by atoms with Crippen molar-refractivity contribution in [3.63, 3.8) is 0 Å². The van der Waals surface area contributed by atoms with Gasteiger partial charge in [-0.15, -0.1) is 0 Å². The molecular formula is C33H30FN3O3. The van der Waals surface area contributed by atoms with Crippen LogP contribution in [0.4, 0.5) is 4.39 Å². The highest BCUT2D eigenvalue weighted by Crippen LogP contribution is 2.50. The average molecular weight is 536 g/mol. The molecule has 1 N–H and O–H groups in total. The summed E-state index contributed by atoms with van der Waals surface area (Å²) in [6.07, 6.45) is 1.02. The van der Waals surface area contributed by atoms with Gasteiger partial charge in [0, 0.05) is 22.2 Å². The highest BCUT2D eigenvalue weighted by atomic mass is 19.1. The van der Waals surface area contributed by atoms with Crippen LogP contribution in [-0.2, 0) is 16.9 Å². The summed E-state index contributed by atoms with van der Waals surface area (Å²) in [5.74, 6) is 0.455. The van der Waals surface area contributed by atoms with Crippen LogP contribution in [0.25, 0.3) is 22.4 Å². The number of carbonyl (C=O) groups is 1. The molecule has 3 aromatic carbocycles. The number of hydrogen-bond acceptors (Lipinski definition) is 5. The van der Waals surface area contributed by atoms with E-state index in [1.807, 2.05) is 56.3 Å². The molecule has 1 atom stereocenters. The average Bonchev–Trinajstić information content (AvgIpc) is 3.59. The summed E-state index contributed by atoms with van der Waals surface area (Å²) in [5.41, 5.74) is 5.12. The highest BCUT2D eigenvalue weighted by molar-refractivity contribution is 6.12. The van der Waals surface area contributed by atoms with Crippen LogP contribution in [0.1, 0.15) is 57.6 Å². The minimum Gasteiger partial charge on any atom is -0.441 e. The Bertz CT molecular complexity index is 1760. The second kappa shape index (κ2) is 9.54. The third kappa shape index (κ3) is 3.84. The summed E-state index contributed by atoms with van der Waals surface area (Å²) in [5, 5.41) is 4.30.